The van der Waals surface area contributed by atoms with Crippen molar-refractivity contribution in [3.8, 4) is 5.75 Å². The number of aromatic nitrogens is 1. The summed E-state index contributed by atoms with van der Waals surface area (Å²) in [4.78, 5) is 0. The van der Waals surface area contributed by atoms with Crippen molar-refractivity contribution in [1.82, 2.24) is 4.37 Å². The minimum Gasteiger partial charge on any atom is -0.487 e. The van der Waals surface area contributed by atoms with Crippen molar-refractivity contribution in [2.75, 3.05) is 37.9 Å². The van der Waals surface area contributed by atoms with Crippen LogP contribution in [0.4, 0.5) is 10.8 Å². The highest BCUT2D eigenvalue weighted by Crippen LogP contribution is 2.34. The average Bonchev–Trinajstić information content (AvgIpc) is 2.51. The second-order valence-corrected chi connectivity index (χ2v) is 3.35. The molecular formula is C8H15N3O2S. The minimum absolute atomic E-state index is 0.441. The lowest BCUT2D eigenvalue weighted by atomic mass is 10.5. The first-order valence-electron chi connectivity index (χ1n) is 4.40. The largest absolute Gasteiger partial charge is 0.487 e. The van der Waals surface area contributed by atoms with Crippen molar-refractivity contribution in [3.05, 3.63) is 0 Å². The number of hydrogen-bond acceptors (Lipinski definition) is 6. The topological polar surface area (TPSA) is 69.4 Å². The Bertz CT molecular complexity index is 278. The van der Waals surface area contributed by atoms with E-state index in [1.54, 1.807) is 7.11 Å². The standard InChI is InChI=1S/C8H15N3O2S/c1-3-13-6-7(9)11-14-8(6)10-4-5-12-2/h10H,3-5H2,1-2H3,(H2,9,11). The predicted octanol–water partition coefficient (Wildman–Crippen LogP) is 1.18. The summed E-state index contributed by atoms with van der Waals surface area (Å²) in [5.74, 6) is 1.09. The van der Waals surface area contributed by atoms with Gasteiger partial charge in [-0.3, -0.25) is 0 Å². The van der Waals surface area contributed by atoms with Crippen LogP contribution in [0.3, 0.4) is 0 Å². The van der Waals surface area contributed by atoms with E-state index in [0.717, 1.165) is 11.5 Å². The van der Waals surface area contributed by atoms with Gasteiger partial charge in [0.1, 0.15) is 0 Å². The summed E-state index contributed by atoms with van der Waals surface area (Å²) in [6, 6.07) is 0. The average molecular weight is 217 g/mol. The number of nitrogen functional groups attached to an aromatic ring is 1. The van der Waals surface area contributed by atoms with Gasteiger partial charge in [-0.15, -0.1) is 0 Å². The highest BCUT2D eigenvalue weighted by molar-refractivity contribution is 7.11. The van der Waals surface area contributed by atoms with Gasteiger partial charge >= 0.3 is 0 Å². The lowest BCUT2D eigenvalue weighted by Crippen LogP contribution is -2.07. The second kappa shape index (κ2) is 5.66. The molecule has 0 radical (unpaired) electrons. The molecule has 5 nitrogen and oxygen atoms in total. The first-order chi connectivity index (χ1) is 6.79. The summed E-state index contributed by atoms with van der Waals surface area (Å²) in [7, 11) is 1.66. The summed E-state index contributed by atoms with van der Waals surface area (Å²) in [5.41, 5.74) is 5.63. The number of hydrogen-bond donors (Lipinski definition) is 2. The maximum absolute atomic E-state index is 5.63. The van der Waals surface area contributed by atoms with E-state index in [1.807, 2.05) is 6.92 Å². The zero-order chi connectivity index (χ0) is 10.4. The number of methoxy groups -OCH3 is 1. The first kappa shape index (κ1) is 11.1. The third-order valence-electron chi connectivity index (χ3n) is 1.55. The Hall–Kier alpha value is -1.01. The van der Waals surface area contributed by atoms with E-state index >= 15 is 0 Å². The third kappa shape index (κ3) is 2.74. The SMILES string of the molecule is CCOc1c(N)nsc1NCCOC. The van der Waals surface area contributed by atoms with Gasteiger partial charge < -0.3 is 20.5 Å². The second-order valence-electron chi connectivity index (χ2n) is 2.58. The van der Waals surface area contributed by atoms with Crippen LogP contribution in [0.2, 0.25) is 0 Å². The molecular weight excluding hydrogens is 202 g/mol. The van der Waals surface area contributed by atoms with Crippen LogP contribution in [0.1, 0.15) is 6.92 Å². The highest BCUT2D eigenvalue weighted by Gasteiger charge is 2.11. The first-order valence-corrected chi connectivity index (χ1v) is 5.17. The minimum atomic E-state index is 0.441. The van der Waals surface area contributed by atoms with Crippen LogP contribution in [0.5, 0.6) is 5.75 Å². The van der Waals surface area contributed by atoms with Crippen molar-refractivity contribution >= 4 is 22.4 Å². The van der Waals surface area contributed by atoms with Gasteiger partial charge in [0, 0.05) is 13.7 Å². The molecule has 0 aliphatic carbocycles. The highest BCUT2D eigenvalue weighted by atomic mass is 32.1. The molecule has 80 valence electrons. The number of nitrogens with zero attached hydrogens (tertiary/aromatic N) is 1. The molecule has 0 amide bonds. The molecule has 0 aliphatic rings. The predicted molar refractivity (Wildman–Crippen MR) is 58.1 cm³/mol. The molecule has 0 bridgehead atoms. The molecule has 14 heavy (non-hydrogen) atoms. The van der Waals surface area contributed by atoms with Gasteiger partial charge in [0.25, 0.3) is 0 Å². The van der Waals surface area contributed by atoms with Crippen LogP contribution in [0.15, 0.2) is 0 Å². The Morgan fingerprint density at radius 2 is 2.36 bits per heavy atom. The zero-order valence-corrected chi connectivity index (χ0v) is 9.19. The van der Waals surface area contributed by atoms with Gasteiger partial charge in [0.15, 0.2) is 16.6 Å². The molecule has 0 aromatic carbocycles. The van der Waals surface area contributed by atoms with Gasteiger partial charge in [0.2, 0.25) is 0 Å². The Morgan fingerprint density at radius 3 is 3.00 bits per heavy atom. The fourth-order valence-corrected chi connectivity index (χ4v) is 1.64. The summed E-state index contributed by atoms with van der Waals surface area (Å²) >= 11 is 1.30. The van der Waals surface area contributed by atoms with E-state index in [-0.39, 0.29) is 0 Å². The van der Waals surface area contributed by atoms with Crippen molar-refractivity contribution in [2.24, 2.45) is 0 Å². The number of rotatable bonds is 6. The van der Waals surface area contributed by atoms with Crippen LogP contribution < -0.4 is 15.8 Å². The lowest BCUT2D eigenvalue weighted by Gasteiger charge is -2.06. The van der Waals surface area contributed by atoms with E-state index < -0.39 is 0 Å². The Labute approximate surface area is 87.4 Å². The van der Waals surface area contributed by atoms with E-state index in [2.05, 4.69) is 9.69 Å². The van der Waals surface area contributed by atoms with Gasteiger partial charge in [-0.1, -0.05) is 0 Å². The monoisotopic (exact) mass is 217 g/mol. The molecule has 0 aliphatic heterocycles. The molecule has 0 saturated carbocycles. The molecule has 6 heteroatoms. The van der Waals surface area contributed by atoms with Gasteiger partial charge in [-0.25, -0.2) is 0 Å². The van der Waals surface area contributed by atoms with Gasteiger partial charge in [-0.05, 0) is 18.5 Å². The van der Waals surface area contributed by atoms with Gasteiger partial charge in [0.05, 0.1) is 13.2 Å². The molecule has 0 atom stereocenters. The fourth-order valence-electron chi connectivity index (χ4n) is 0.957. The van der Waals surface area contributed by atoms with E-state index in [9.17, 15) is 0 Å². The molecule has 0 unspecified atom stereocenters. The molecule has 3 N–H and O–H groups in total. The number of nitrogens with two attached hydrogens (primary N) is 1. The Balaban J connectivity index is 2.56. The molecule has 0 fully saturated rings. The zero-order valence-electron chi connectivity index (χ0n) is 8.37. The van der Waals surface area contributed by atoms with Crippen LogP contribution in [-0.4, -0.2) is 31.2 Å². The Morgan fingerprint density at radius 1 is 1.57 bits per heavy atom. The van der Waals surface area contributed by atoms with Crippen LogP contribution in [0, 0.1) is 0 Å². The molecule has 0 spiro atoms. The summed E-state index contributed by atoms with van der Waals surface area (Å²) < 4.78 is 14.3. The van der Waals surface area contributed by atoms with Crippen molar-refractivity contribution in [3.63, 3.8) is 0 Å². The molecule has 1 aromatic rings. The summed E-state index contributed by atoms with van der Waals surface area (Å²) in [6.07, 6.45) is 0. The number of anilines is 2. The summed E-state index contributed by atoms with van der Waals surface area (Å²) in [5, 5.41) is 4.01. The molecule has 0 saturated heterocycles. The van der Waals surface area contributed by atoms with Crippen molar-refractivity contribution in [1.29, 1.82) is 0 Å². The fraction of sp³-hybridized carbons (Fsp3) is 0.625. The van der Waals surface area contributed by atoms with Crippen LogP contribution in [-0.2, 0) is 4.74 Å². The van der Waals surface area contributed by atoms with E-state index in [4.69, 9.17) is 15.2 Å². The maximum Gasteiger partial charge on any atom is 0.197 e. The number of ether oxygens (including phenoxy) is 2. The summed E-state index contributed by atoms with van der Waals surface area (Å²) in [6.45, 7) is 3.86. The van der Waals surface area contributed by atoms with Crippen molar-refractivity contribution < 1.29 is 9.47 Å². The smallest absolute Gasteiger partial charge is 0.197 e. The van der Waals surface area contributed by atoms with Crippen molar-refractivity contribution in [2.45, 2.75) is 6.92 Å². The molecule has 1 rings (SSSR count). The van der Waals surface area contributed by atoms with Crippen LogP contribution in [0.25, 0.3) is 0 Å². The normalized spacial score (nSPS) is 10.1. The van der Waals surface area contributed by atoms with Gasteiger partial charge in [-0.2, -0.15) is 4.37 Å². The maximum atomic E-state index is 5.63. The molecule has 1 aromatic heterocycles. The quantitative estimate of drug-likeness (QED) is 0.700. The number of nitrogens with one attached hydrogen (secondary N) is 1. The lowest BCUT2D eigenvalue weighted by molar-refractivity contribution is 0.210. The van der Waals surface area contributed by atoms with Crippen LogP contribution >= 0.6 is 11.5 Å². The van der Waals surface area contributed by atoms with E-state index in [0.29, 0.717) is 24.8 Å². The molecule has 1 heterocycles. The Kier molecular flexibility index (Phi) is 4.48. The third-order valence-corrected chi connectivity index (χ3v) is 2.35. The van der Waals surface area contributed by atoms with E-state index in [1.165, 1.54) is 11.5 Å².